The van der Waals surface area contributed by atoms with Crippen LogP contribution in [0.25, 0.3) is 11.3 Å². The highest BCUT2D eigenvalue weighted by atomic mass is 32.1. The van der Waals surface area contributed by atoms with E-state index < -0.39 is 11.6 Å². The highest BCUT2D eigenvalue weighted by molar-refractivity contribution is 7.80. The Bertz CT molecular complexity index is 721. The largest absolute Gasteiger partial charge is 0.337 e. The maximum atomic E-state index is 12.1. The zero-order valence-corrected chi connectivity index (χ0v) is 11.9. The summed E-state index contributed by atoms with van der Waals surface area (Å²) in [6.45, 7) is 0. The molecule has 1 N–H and O–H groups in total. The molecule has 1 aliphatic rings. The smallest absolute Gasteiger partial charge is 0.251 e. The lowest BCUT2D eigenvalue weighted by Gasteiger charge is -2.15. The van der Waals surface area contributed by atoms with E-state index in [1.165, 1.54) is 0 Å². The number of benzene rings is 1. The molecule has 1 heterocycles. The van der Waals surface area contributed by atoms with Crippen molar-refractivity contribution in [3.63, 3.8) is 0 Å². The van der Waals surface area contributed by atoms with Crippen molar-refractivity contribution in [3.05, 3.63) is 41.3 Å². The third-order valence-electron chi connectivity index (χ3n) is 3.32. The molecule has 102 valence electrons. The van der Waals surface area contributed by atoms with E-state index in [1.54, 1.807) is 18.2 Å². The van der Waals surface area contributed by atoms with Gasteiger partial charge in [-0.25, -0.2) is 4.98 Å². The minimum absolute atomic E-state index is 0.254. The average molecular weight is 287 g/mol. The third kappa shape index (κ3) is 1.80. The highest BCUT2D eigenvalue weighted by Crippen LogP contribution is 2.33. The van der Waals surface area contributed by atoms with Crippen LogP contribution in [0.4, 0.5) is 0 Å². The lowest BCUT2D eigenvalue weighted by Crippen LogP contribution is -2.21. The summed E-state index contributed by atoms with van der Waals surface area (Å²) < 4.78 is 0. The predicted molar refractivity (Wildman–Crippen MR) is 78.1 cm³/mol. The molecule has 0 amide bonds. The number of imidazole rings is 1. The number of aromatic nitrogens is 2. The molecular weight excluding hydrogens is 274 g/mol. The standard InChI is InChI=1S/C14H13N3O2S/c1-17(2)14(20)13-15-9-7-5-3-4-6-8(7)11(18)12(19)10(9)16-13/h3-6,14,20H,1-2H3,(H,15,16). The minimum atomic E-state index is -0.545. The van der Waals surface area contributed by atoms with Gasteiger partial charge in [0.25, 0.3) is 5.78 Å². The molecule has 0 spiro atoms. The van der Waals surface area contributed by atoms with Crippen molar-refractivity contribution < 1.29 is 9.59 Å². The number of carbonyl (C=O) groups excluding carboxylic acids is 2. The Morgan fingerprint density at radius 1 is 1.15 bits per heavy atom. The number of nitrogens with zero attached hydrogens (tertiary/aromatic N) is 2. The number of hydrogen-bond donors (Lipinski definition) is 2. The van der Waals surface area contributed by atoms with Crippen molar-refractivity contribution in [2.45, 2.75) is 5.37 Å². The van der Waals surface area contributed by atoms with Crippen molar-refractivity contribution in [1.82, 2.24) is 14.9 Å². The number of carbonyl (C=O) groups is 2. The molecule has 0 saturated heterocycles. The fourth-order valence-electron chi connectivity index (χ4n) is 2.24. The van der Waals surface area contributed by atoms with Crippen LogP contribution in [0.15, 0.2) is 24.3 Å². The average Bonchev–Trinajstić information content (AvgIpc) is 2.89. The summed E-state index contributed by atoms with van der Waals surface area (Å²) in [5.41, 5.74) is 1.88. The molecule has 1 atom stereocenters. The SMILES string of the molecule is CN(C)C(S)c1nc2c([nH]1)C(=O)C(=O)c1ccccc1-2. The molecule has 1 aromatic heterocycles. The van der Waals surface area contributed by atoms with Gasteiger partial charge in [0.05, 0.1) is 0 Å². The molecule has 1 aromatic carbocycles. The molecular formula is C14H13N3O2S. The van der Waals surface area contributed by atoms with Crippen LogP contribution in [0.5, 0.6) is 0 Å². The van der Waals surface area contributed by atoms with Gasteiger partial charge in [-0.3, -0.25) is 14.5 Å². The van der Waals surface area contributed by atoms with E-state index in [1.807, 2.05) is 25.1 Å². The lowest BCUT2D eigenvalue weighted by atomic mass is 9.90. The molecule has 5 nitrogen and oxygen atoms in total. The summed E-state index contributed by atoms with van der Waals surface area (Å²) in [5.74, 6) is -0.484. The maximum Gasteiger partial charge on any atom is 0.251 e. The second-order valence-corrected chi connectivity index (χ2v) is 5.38. The molecule has 0 saturated carbocycles. The van der Waals surface area contributed by atoms with Crippen LogP contribution in [0, 0.1) is 0 Å². The Balaban J connectivity index is 2.21. The molecule has 3 rings (SSSR count). The van der Waals surface area contributed by atoms with Gasteiger partial charge >= 0.3 is 0 Å². The summed E-state index contributed by atoms with van der Waals surface area (Å²) in [6.07, 6.45) is 0. The Kier molecular flexibility index (Phi) is 2.99. The second kappa shape index (κ2) is 4.57. The van der Waals surface area contributed by atoms with Crippen molar-refractivity contribution in [3.8, 4) is 11.3 Å². The van der Waals surface area contributed by atoms with Crippen LogP contribution in [0.2, 0.25) is 0 Å². The van der Waals surface area contributed by atoms with Gasteiger partial charge in [-0.05, 0) is 14.1 Å². The Hall–Kier alpha value is -1.92. The first-order chi connectivity index (χ1) is 9.50. The molecule has 0 bridgehead atoms. The van der Waals surface area contributed by atoms with Crippen LogP contribution in [-0.2, 0) is 0 Å². The van der Waals surface area contributed by atoms with Gasteiger partial charge in [0, 0.05) is 11.1 Å². The number of fused-ring (bicyclic) bond motifs is 3. The first kappa shape index (κ1) is 13.1. The number of rotatable bonds is 2. The summed E-state index contributed by atoms with van der Waals surface area (Å²) in [7, 11) is 3.72. The van der Waals surface area contributed by atoms with E-state index in [0.29, 0.717) is 22.6 Å². The van der Waals surface area contributed by atoms with Crippen LogP contribution in [0.1, 0.15) is 32.0 Å². The van der Waals surface area contributed by atoms with E-state index in [4.69, 9.17) is 0 Å². The number of aromatic amines is 1. The van der Waals surface area contributed by atoms with Crippen LogP contribution >= 0.6 is 12.6 Å². The first-order valence-corrected chi connectivity index (χ1v) is 6.65. The quantitative estimate of drug-likeness (QED) is 0.503. The summed E-state index contributed by atoms with van der Waals surface area (Å²) in [4.78, 5) is 33.4. The third-order valence-corrected chi connectivity index (χ3v) is 4.02. The van der Waals surface area contributed by atoms with Gasteiger partial charge in [-0.1, -0.05) is 24.3 Å². The van der Waals surface area contributed by atoms with Gasteiger partial charge in [0.1, 0.15) is 22.6 Å². The van der Waals surface area contributed by atoms with Crippen molar-refractivity contribution in [2.75, 3.05) is 14.1 Å². The lowest BCUT2D eigenvalue weighted by molar-refractivity contribution is 0.0812. The maximum absolute atomic E-state index is 12.1. The number of H-pyrrole nitrogens is 1. The summed E-state index contributed by atoms with van der Waals surface area (Å²) in [5, 5.41) is -0.268. The second-order valence-electron chi connectivity index (χ2n) is 4.89. The highest BCUT2D eigenvalue weighted by Gasteiger charge is 2.34. The first-order valence-electron chi connectivity index (χ1n) is 6.13. The minimum Gasteiger partial charge on any atom is -0.337 e. The molecule has 0 radical (unpaired) electrons. The fourth-order valence-corrected chi connectivity index (χ4v) is 2.36. The number of thiol groups is 1. The van der Waals surface area contributed by atoms with Crippen LogP contribution < -0.4 is 0 Å². The monoisotopic (exact) mass is 287 g/mol. The van der Waals surface area contributed by atoms with E-state index in [2.05, 4.69) is 22.6 Å². The van der Waals surface area contributed by atoms with Gasteiger partial charge < -0.3 is 4.98 Å². The number of hydrogen-bond acceptors (Lipinski definition) is 5. The van der Waals surface area contributed by atoms with Gasteiger partial charge in [0.15, 0.2) is 0 Å². The fraction of sp³-hybridized carbons (Fsp3) is 0.214. The molecule has 20 heavy (non-hydrogen) atoms. The molecule has 6 heteroatoms. The molecule has 2 aromatic rings. The van der Waals surface area contributed by atoms with Crippen molar-refractivity contribution >= 4 is 24.2 Å². The van der Waals surface area contributed by atoms with Crippen molar-refractivity contribution in [2.24, 2.45) is 0 Å². The number of ketones is 2. The van der Waals surface area contributed by atoms with E-state index in [0.717, 1.165) is 0 Å². The zero-order chi connectivity index (χ0) is 14.4. The Labute approximate surface area is 121 Å². The number of Topliss-reactive ketones (excluding diaryl/α,β-unsaturated/α-hetero) is 2. The Morgan fingerprint density at radius 2 is 1.80 bits per heavy atom. The van der Waals surface area contributed by atoms with E-state index >= 15 is 0 Å². The molecule has 0 fully saturated rings. The number of nitrogens with one attached hydrogen (secondary N) is 1. The van der Waals surface area contributed by atoms with Gasteiger partial charge in [-0.15, -0.1) is 0 Å². The molecule has 0 aliphatic heterocycles. The Morgan fingerprint density at radius 3 is 2.45 bits per heavy atom. The van der Waals surface area contributed by atoms with Gasteiger partial charge in [-0.2, -0.15) is 12.6 Å². The van der Waals surface area contributed by atoms with E-state index in [-0.39, 0.29) is 11.1 Å². The molecule has 1 unspecified atom stereocenters. The summed E-state index contributed by atoms with van der Waals surface area (Å²) >= 11 is 4.43. The normalized spacial score (nSPS) is 15.2. The predicted octanol–water partition coefficient (Wildman–Crippen LogP) is 1.95. The van der Waals surface area contributed by atoms with Crippen LogP contribution in [-0.4, -0.2) is 40.5 Å². The van der Waals surface area contributed by atoms with Crippen molar-refractivity contribution in [1.29, 1.82) is 0 Å². The van der Waals surface area contributed by atoms with Gasteiger partial charge in [0.2, 0.25) is 5.78 Å². The molecule has 1 aliphatic carbocycles. The van der Waals surface area contributed by atoms with E-state index in [9.17, 15) is 9.59 Å². The topological polar surface area (TPSA) is 66.1 Å². The summed E-state index contributed by atoms with van der Waals surface area (Å²) in [6, 6.07) is 7.01. The van der Waals surface area contributed by atoms with Crippen LogP contribution in [0.3, 0.4) is 0 Å². The zero-order valence-electron chi connectivity index (χ0n) is 11.0.